The van der Waals surface area contributed by atoms with Crippen molar-refractivity contribution in [3.05, 3.63) is 59.7 Å². The second-order valence-electron chi connectivity index (χ2n) is 4.72. The van der Waals surface area contributed by atoms with Crippen LogP contribution in [0.1, 0.15) is 17.2 Å². The summed E-state index contributed by atoms with van der Waals surface area (Å²) < 4.78 is 68.9. The maximum atomic E-state index is 12.8. The van der Waals surface area contributed by atoms with Crippen molar-refractivity contribution in [3.63, 3.8) is 0 Å². The number of aliphatic hydroxyl groups excluding tert-OH is 1. The third-order valence-corrected chi connectivity index (χ3v) is 4.20. The standard InChI is InChI=1S/C14H13F5O2S/c1-21-12-7-5-10(6-8-12)14(20)11-3-2-4-13(9-11)22(15,16,17,18)19/h2-9,14,20H,1H3. The normalized spacial score (nSPS) is 16.5. The Kier molecular flexibility index (Phi) is 3.46. The van der Waals surface area contributed by atoms with Crippen LogP contribution >= 0.6 is 10.2 Å². The smallest absolute Gasteiger partial charge is 0.310 e. The van der Waals surface area contributed by atoms with Crippen LogP contribution in [0.3, 0.4) is 0 Å². The van der Waals surface area contributed by atoms with Gasteiger partial charge in [-0.15, -0.1) is 0 Å². The third kappa shape index (κ3) is 3.69. The first-order chi connectivity index (χ1) is 9.90. The van der Waals surface area contributed by atoms with E-state index in [1.165, 1.54) is 31.4 Å². The number of aliphatic hydroxyl groups is 1. The van der Waals surface area contributed by atoms with Crippen LogP contribution in [0.15, 0.2) is 53.4 Å². The third-order valence-electron chi connectivity index (χ3n) is 3.05. The lowest BCUT2D eigenvalue weighted by atomic mass is 10.0. The second kappa shape index (κ2) is 4.60. The van der Waals surface area contributed by atoms with E-state index in [2.05, 4.69) is 0 Å². The summed E-state index contributed by atoms with van der Waals surface area (Å²) in [7, 11) is -8.33. The molecule has 122 valence electrons. The Morgan fingerprint density at radius 1 is 0.909 bits per heavy atom. The summed E-state index contributed by atoms with van der Waals surface area (Å²) in [6, 6.07) is 8.46. The van der Waals surface area contributed by atoms with E-state index < -0.39 is 21.2 Å². The minimum atomic E-state index is -9.77. The summed E-state index contributed by atoms with van der Waals surface area (Å²) in [4.78, 5) is -2.02. The SMILES string of the molecule is COc1ccc(C(O)c2cccc(S(F)(F)(F)(F)F)c2)cc1. The average molecular weight is 340 g/mol. The number of hydrogen-bond donors (Lipinski definition) is 1. The number of ether oxygens (including phenoxy) is 1. The molecule has 0 spiro atoms. The lowest BCUT2D eigenvalue weighted by Gasteiger charge is -2.40. The minimum Gasteiger partial charge on any atom is -0.497 e. The lowest BCUT2D eigenvalue weighted by Crippen LogP contribution is -2.08. The summed E-state index contributed by atoms with van der Waals surface area (Å²) in [5, 5.41) is 10.1. The van der Waals surface area contributed by atoms with Gasteiger partial charge in [0.1, 0.15) is 16.7 Å². The zero-order valence-corrected chi connectivity index (χ0v) is 12.2. The van der Waals surface area contributed by atoms with E-state index in [0.717, 1.165) is 12.1 Å². The quantitative estimate of drug-likeness (QED) is 0.752. The zero-order valence-electron chi connectivity index (χ0n) is 11.3. The molecule has 2 aromatic carbocycles. The highest BCUT2D eigenvalue weighted by Crippen LogP contribution is 3.02. The van der Waals surface area contributed by atoms with Gasteiger partial charge in [-0.2, -0.15) is 0 Å². The molecule has 2 aromatic rings. The molecule has 0 aromatic heterocycles. The predicted octanol–water partition coefficient (Wildman–Crippen LogP) is 5.43. The molecule has 0 fully saturated rings. The molecule has 1 N–H and O–H groups in total. The van der Waals surface area contributed by atoms with Gasteiger partial charge in [0.2, 0.25) is 0 Å². The molecule has 22 heavy (non-hydrogen) atoms. The fourth-order valence-electron chi connectivity index (χ4n) is 1.90. The number of benzene rings is 2. The first kappa shape index (κ1) is 16.6. The molecule has 0 aliphatic heterocycles. The zero-order chi connectivity index (χ0) is 16.7. The lowest BCUT2D eigenvalue weighted by molar-refractivity contribution is 0.220. The molecule has 0 saturated heterocycles. The van der Waals surface area contributed by atoms with E-state index in [4.69, 9.17) is 4.74 Å². The van der Waals surface area contributed by atoms with E-state index in [1.807, 2.05) is 0 Å². The van der Waals surface area contributed by atoms with Crippen molar-refractivity contribution in [1.82, 2.24) is 0 Å². The summed E-state index contributed by atoms with van der Waals surface area (Å²) in [6.07, 6.45) is -1.45. The fourth-order valence-corrected chi connectivity index (χ4v) is 2.60. The van der Waals surface area contributed by atoms with Gasteiger partial charge in [-0.25, -0.2) is 0 Å². The Morgan fingerprint density at radius 2 is 1.50 bits per heavy atom. The van der Waals surface area contributed by atoms with Crippen molar-refractivity contribution in [3.8, 4) is 5.75 Å². The molecular formula is C14H13F5O2S. The number of halogens is 5. The van der Waals surface area contributed by atoms with Crippen molar-refractivity contribution in [2.24, 2.45) is 0 Å². The van der Waals surface area contributed by atoms with Crippen molar-refractivity contribution in [2.45, 2.75) is 11.0 Å². The van der Waals surface area contributed by atoms with Crippen LogP contribution in [0, 0.1) is 0 Å². The predicted molar refractivity (Wildman–Crippen MR) is 74.9 cm³/mol. The van der Waals surface area contributed by atoms with Gasteiger partial charge in [-0.05, 0) is 35.4 Å². The maximum Gasteiger partial charge on any atom is 0.310 e. The Balaban J connectivity index is 2.41. The van der Waals surface area contributed by atoms with Gasteiger partial charge in [-0.1, -0.05) is 43.7 Å². The molecule has 0 saturated carbocycles. The highest BCUT2D eigenvalue weighted by atomic mass is 32.5. The van der Waals surface area contributed by atoms with E-state index in [1.54, 1.807) is 0 Å². The highest BCUT2D eigenvalue weighted by molar-refractivity contribution is 8.45. The molecule has 0 aliphatic carbocycles. The van der Waals surface area contributed by atoms with Gasteiger partial charge in [0.25, 0.3) is 0 Å². The van der Waals surface area contributed by atoms with Crippen LogP contribution < -0.4 is 4.74 Å². The highest BCUT2D eigenvalue weighted by Gasteiger charge is 2.65. The van der Waals surface area contributed by atoms with E-state index in [0.29, 0.717) is 11.8 Å². The molecule has 2 rings (SSSR count). The topological polar surface area (TPSA) is 29.5 Å². The molecule has 0 amide bonds. The molecule has 1 atom stereocenters. The molecule has 1 unspecified atom stereocenters. The van der Waals surface area contributed by atoms with E-state index in [-0.39, 0.29) is 17.2 Å². The van der Waals surface area contributed by atoms with Crippen molar-refractivity contribution < 1.29 is 29.3 Å². The number of hydrogen-bond acceptors (Lipinski definition) is 2. The molecule has 0 bridgehead atoms. The largest absolute Gasteiger partial charge is 0.497 e. The van der Waals surface area contributed by atoms with Gasteiger partial charge >= 0.3 is 10.2 Å². The van der Waals surface area contributed by atoms with E-state index in [9.17, 15) is 24.5 Å². The van der Waals surface area contributed by atoms with Crippen LogP contribution in [-0.2, 0) is 0 Å². The summed E-state index contributed by atoms with van der Waals surface area (Å²) in [5.74, 6) is 0.497. The van der Waals surface area contributed by atoms with Gasteiger partial charge in [0, 0.05) is 0 Å². The maximum absolute atomic E-state index is 12.8. The monoisotopic (exact) mass is 340 g/mol. The molecule has 2 nitrogen and oxygen atoms in total. The number of rotatable bonds is 4. The van der Waals surface area contributed by atoms with Crippen molar-refractivity contribution >= 4 is 10.2 Å². The Labute approximate surface area is 123 Å². The molecule has 0 radical (unpaired) electrons. The first-order valence-corrected chi connectivity index (χ1v) is 8.02. The Hall–Kier alpha value is -1.80. The van der Waals surface area contributed by atoms with Crippen LogP contribution in [0.2, 0.25) is 0 Å². The van der Waals surface area contributed by atoms with Crippen LogP contribution in [0.25, 0.3) is 0 Å². The van der Waals surface area contributed by atoms with Crippen LogP contribution in [-0.4, -0.2) is 12.2 Å². The summed E-state index contributed by atoms with van der Waals surface area (Å²) in [6.45, 7) is 0. The molecule has 0 aliphatic rings. The fraction of sp³-hybridized carbons (Fsp3) is 0.143. The average Bonchev–Trinajstić information content (AvgIpc) is 2.44. The summed E-state index contributed by atoms with van der Waals surface area (Å²) in [5.41, 5.74) is -0.00368. The first-order valence-electron chi connectivity index (χ1n) is 6.07. The summed E-state index contributed by atoms with van der Waals surface area (Å²) >= 11 is 0. The Morgan fingerprint density at radius 3 is 2.00 bits per heavy atom. The van der Waals surface area contributed by atoms with Crippen molar-refractivity contribution in [2.75, 3.05) is 7.11 Å². The molecule has 0 heterocycles. The van der Waals surface area contributed by atoms with Crippen LogP contribution in [0.4, 0.5) is 19.4 Å². The minimum absolute atomic E-state index is 0.264. The van der Waals surface area contributed by atoms with E-state index >= 15 is 0 Å². The van der Waals surface area contributed by atoms with Crippen LogP contribution in [0.5, 0.6) is 5.75 Å². The molecular weight excluding hydrogens is 327 g/mol. The van der Waals surface area contributed by atoms with Gasteiger partial charge in [0.05, 0.1) is 7.11 Å². The van der Waals surface area contributed by atoms with Gasteiger partial charge in [0.15, 0.2) is 0 Å². The van der Waals surface area contributed by atoms with Gasteiger partial charge in [-0.3, -0.25) is 0 Å². The number of methoxy groups -OCH3 is 1. The second-order valence-corrected chi connectivity index (χ2v) is 7.13. The van der Waals surface area contributed by atoms with Gasteiger partial charge < -0.3 is 9.84 Å². The molecule has 8 heteroatoms. The van der Waals surface area contributed by atoms with Crippen molar-refractivity contribution in [1.29, 1.82) is 0 Å². The Bertz CT molecular complexity index is 683.